The first-order valence-electron chi connectivity index (χ1n) is 6.84. The number of aromatic nitrogens is 3. The Hall–Kier alpha value is -2.66. The lowest BCUT2D eigenvalue weighted by molar-refractivity contribution is 0.683. The van der Waals surface area contributed by atoms with Crippen LogP contribution in [0.3, 0.4) is 0 Å². The van der Waals surface area contributed by atoms with E-state index in [4.69, 9.17) is 0 Å². The molecule has 3 rings (SSSR count). The number of hydrogen-bond donors (Lipinski definition) is 2. The molecular weight excluding hydrogens is 262 g/mol. The van der Waals surface area contributed by atoms with Gasteiger partial charge in [0.1, 0.15) is 12.7 Å². The van der Waals surface area contributed by atoms with Gasteiger partial charge in [-0.15, -0.1) is 0 Å². The van der Waals surface area contributed by atoms with Crippen molar-refractivity contribution in [2.45, 2.75) is 13.1 Å². The average molecular weight is 279 g/mol. The Kier molecular flexibility index (Phi) is 4.24. The number of hydrazine groups is 1. The van der Waals surface area contributed by atoms with Crippen molar-refractivity contribution in [2.24, 2.45) is 0 Å². The molecule has 1 aromatic heterocycles. The van der Waals surface area contributed by atoms with Crippen molar-refractivity contribution in [1.82, 2.24) is 20.2 Å². The number of hydrogen-bond acceptors (Lipinski definition) is 4. The highest BCUT2D eigenvalue weighted by Gasteiger charge is 1.98. The zero-order valence-corrected chi connectivity index (χ0v) is 11.6. The number of para-hydroxylation sites is 1. The first-order chi connectivity index (χ1) is 10.4. The van der Waals surface area contributed by atoms with Crippen LogP contribution in [0.5, 0.6) is 0 Å². The van der Waals surface area contributed by atoms with Gasteiger partial charge in [-0.1, -0.05) is 42.5 Å². The fraction of sp³-hybridized carbons (Fsp3) is 0.125. The lowest BCUT2D eigenvalue weighted by Gasteiger charge is -2.09. The molecule has 0 aliphatic rings. The Morgan fingerprint density at radius 3 is 2.62 bits per heavy atom. The lowest BCUT2D eigenvalue weighted by atomic mass is 10.1. The normalized spacial score (nSPS) is 10.5. The van der Waals surface area contributed by atoms with Crippen molar-refractivity contribution in [3.05, 3.63) is 78.4 Å². The molecule has 0 amide bonds. The van der Waals surface area contributed by atoms with Crippen LogP contribution in [0.15, 0.2) is 67.3 Å². The third-order valence-corrected chi connectivity index (χ3v) is 3.10. The smallest absolute Gasteiger partial charge is 0.137 e. The third kappa shape index (κ3) is 3.90. The summed E-state index contributed by atoms with van der Waals surface area (Å²) in [4.78, 5) is 3.95. The fourth-order valence-electron chi connectivity index (χ4n) is 2.11. The minimum Gasteiger partial charge on any atom is -0.321 e. The summed E-state index contributed by atoms with van der Waals surface area (Å²) in [5.41, 5.74) is 9.88. The molecule has 2 N–H and O–H groups in total. The maximum atomic E-state index is 4.12. The molecule has 0 radical (unpaired) electrons. The summed E-state index contributed by atoms with van der Waals surface area (Å²) in [6, 6.07) is 18.5. The van der Waals surface area contributed by atoms with Gasteiger partial charge in [-0.3, -0.25) is 0 Å². The van der Waals surface area contributed by atoms with E-state index in [1.54, 1.807) is 12.7 Å². The monoisotopic (exact) mass is 279 g/mol. The Morgan fingerprint density at radius 2 is 1.81 bits per heavy atom. The van der Waals surface area contributed by atoms with Crippen LogP contribution in [-0.2, 0) is 13.1 Å². The van der Waals surface area contributed by atoms with E-state index in [0.717, 1.165) is 18.8 Å². The third-order valence-electron chi connectivity index (χ3n) is 3.10. The van der Waals surface area contributed by atoms with E-state index >= 15 is 0 Å². The first kappa shape index (κ1) is 13.3. The van der Waals surface area contributed by atoms with E-state index in [1.807, 2.05) is 35.0 Å². The second kappa shape index (κ2) is 6.67. The molecule has 106 valence electrons. The number of nitrogens with one attached hydrogen (secondary N) is 2. The van der Waals surface area contributed by atoms with Crippen molar-refractivity contribution >= 4 is 5.69 Å². The molecule has 0 aliphatic carbocycles. The number of anilines is 1. The van der Waals surface area contributed by atoms with E-state index in [2.05, 4.69) is 45.2 Å². The Balaban J connectivity index is 1.56. The fourth-order valence-corrected chi connectivity index (χ4v) is 2.11. The summed E-state index contributed by atoms with van der Waals surface area (Å²) in [5, 5.41) is 4.12. The van der Waals surface area contributed by atoms with Crippen LogP contribution in [0, 0.1) is 0 Å². The van der Waals surface area contributed by atoms with Crippen molar-refractivity contribution in [2.75, 3.05) is 5.43 Å². The minimum atomic E-state index is 0.736. The molecule has 21 heavy (non-hydrogen) atoms. The molecule has 0 spiro atoms. The van der Waals surface area contributed by atoms with Gasteiger partial charge in [0.05, 0.1) is 6.54 Å². The molecule has 0 saturated heterocycles. The molecule has 0 unspecified atom stereocenters. The summed E-state index contributed by atoms with van der Waals surface area (Å²) in [7, 11) is 0. The van der Waals surface area contributed by atoms with Crippen molar-refractivity contribution in [3.8, 4) is 0 Å². The number of nitrogens with zero attached hydrogens (tertiary/aromatic N) is 3. The van der Waals surface area contributed by atoms with Crippen molar-refractivity contribution in [1.29, 1.82) is 0 Å². The zero-order valence-electron chi connectivity index (χ0n) is 11.6. The standard InChI is InChI=1S/C16H17N5/c1-2-7-16(8-3-1)20-18-10-14-5-4-6-15(9-14)11-21-13-17-12-19-21/h1-9,12-13,18,20H,10-11H2. The molecule has 0 saturated carbocycles. The second-order valence-corrected chi connectivity index (χ2v) is 4.76. The Labute approximate surface area is 123 Å². The summed E-state index contributed by atoms with van der Waals surface area (Å²) < 4.78 is 1.81. The van der Waals surface area contributed by atoms with Gasteiger partial charge >= 0.3 is 0 Å². The van der Waals surface area contributed by atoms with E-state index in [0.29, 0.717) is 0 Å². The SMILES string of the molecule is c1ccc(NNCc2cccc(Cn3cncn3)c2)cc1. The van der Waals surface area contributed by atoms with Crippen LogP contribution in [0.25, 0.3) is 0 Å². The summed E-state index contributed by atoms with van der Waals surface area (Å²) in [5.74, 6) is 0. The summed E-state index contributed by atoms with van der Waals surface area (Å²) in [6.45, 7) is 1.49. The Bertz CT molecular complexity index is 664. The topological polar surface area (TPSA) is 54.8 Å². The van der Waals surface area contributed by atoms with Crippen LogP contribution in [0.1, 0.15) is 11.1 Å². The van der Waals surface area contributed by atoms with Crippen LogP contribution in [-0.4, -0.2) is 14.8 Å². The quantitative estimate of drug-likeness (QED) is 0.681. The van der Waals surface area contributed by atoms with Gasteiger partial charge in [0, 0.05) is 12.2 Å². The van der Waals surface area contributed by atoms with Gasteiger partial charge in [-0.25, -0.2) is 15.1 Å². The molecule has 0 atom stereocenters. The molecule has 0 bridgehead atoms. The molecule has 5 heteroatoms. The molecule has 2 aromatic carbocycles. The van der Waals surface area contributed by atoms with Gasteiger partial charge in [0.15, 0.2) is 0 Å². The maximum absolute atomic E-state index is 4.12. The highest BCUT2D eigenvalue weighted by Crippen LogP contribution is 2.07. The Morgan fingerprint density at radius 1 is 0.952 bits per heavy atom. The predicted octanol–water partition coefficient (Wildman–Crippen LogP) is 2.44. The lowest BCUT2D eigenvalue weighted by Crippen LogP contribution is -2.20. The molecule has 0 fully saturated rings. The zero-order chi connectivity index (χ0) is 14.3. The van der Waals surface area contributed by atoms with Gasteiger partial charge in [0.25, 0.3) is 0 Å². The van der Waals surface area contributed by atoms with E-state index < -0.39 is 0 Å². The average Bonchev–Trinajstić information content (AvgIpc) is 3.02. The van der Waals surface area contributed by atoms with E-state index in [9.17, 15) is 0 Å². The van der Waals surface area contributed by atoms with Crippen LogP contribution >= 0.6 is 0 Å². The van der Waals surface area contributed by atoms with E-state index in [-0.39, 0.29) is 0 Å². The van der Waals surface area contributed by atoms with Crippen LogP contribution < -0.4 is 10.9 Å². The predicted molar refractivity (Wildman–Crippen MR) is 82.5 cm³/mol. The van der Waals surface area contributed by atoms with Gasteiger partial charge in [-0.05, 0) is 23.3 Å². The van der Waals surface area contributed by atoms with Crippen LogP contribution in [0.4, 0.5) is 5.69 Å². The van der Waals surface area contributed by atoms with E-state index in [1.165, 1.54) is 11.1 Å². The van der Waals surface area contributed by atoms with Gasteiger partial charge < -0.3 is 5.43 Å². The molecule has 5 nitrogen and oxygen atoms in total. The maximum Gasteiger partial charge on any atom is 0.137 e. The van der Waals surface area contributed by atoms with Crippen LogP contribution in [0.2, 0.25) is 0 Å². The van der Waals surface area contributed by atoms with Crippen molar-refractivity contribution < 1.29 is 0 Å². The van der Waals surface area contributed by atoms with Crippen molar-refractivity contribution in [3.63, 3.8) is 0 Å². The largest absolute Gasteiger partial charge is 0.321 e. The number of benzene rings is 2. The molecule has 3 aromatic rings. The number of rotatable bonds is 6. The van der Waals surface area contributed by atoms with Gasteiger partial charge in [0.2, 0.25) is 0 Å². The highest BCUT2D eigenvalue weighted by atomic mass is 15.3. The highest BCUT2D eigenvalue weighted by molar-refractivity contribution is 5.41. The first-order valence-corrected chi connectivity index (χ1v) is 6.84. The second-order valence-electron chi connectivity index (χ2n) is 4.76. The summed E-state index contributed by atoms with van der Waals surface area (Å²) >= 11 is 0. The molecular formula is C16H17N5. The molecule has 1 heterocycles. The molecule has 0 aliphatic heterocycles. The summed E-state index contributed by atoms with van der Waals surface area (Å²) in [6.07, 6.45) is 3.27. The van der Waals surface area contributed by atoms with Gasteiger partial charge in [-0.2, -0.15) is 5.10 Å². The minimum absolute atomic E-state index is 0.736.